The molecular weight excluding hydrogens is 376 g/mol. The normalized spacial score (nSPS) is 19.4. The van der Waals surface area contributed by atoms with Crippen LogP contribution in [0.4, 0.5) is 0 Å². The maximum absolute atomic E-state index is 5.62. The molecule has 3 rings (SSSR count). The van der Waals surface area contributed by atoms with E-state index in [0.717, 1.165) is 18.3 Å². The van der Waals surface area contributed by atoms with Crippen LogP contribution in [0.3, 0.4) is 0 Å². The zero-order valence-corrected chi connectivity index (χ0v) is 19.6. The van der Waals surface area contributed by atoms with Crippen molar-refractivity contribution < 1.29 is 4.74 Å². The molecular formula is C30H40O. The Morgan fingerprint density at radius 2 is 1.32 bits per heavy atom. The van der Waals surface area contributed by atoms with Gasteiger partial charge >= 0.3 is 0 Å². The number of benzene rings is 2. The van der Waals surface area contributed by atoms with Gasteiger partial charge in [0.25, 0.3) is 0 Å². The van der Waals surface area contributed by atoms with Crippen LogP contribution in [0, 0.1) is 5.92 Å². The van der Waals surface area contributed by atoms with Gasteiger partial charge < -0.3 is 4.74 Å². The fourth-order valence-corrected chi connectivity index (χ4v) is 4.68. The van der Waals surface area contributed by atoms with E-state index in [2.05, 4.69) is 67.6 Å². The van der Waals surface area contributed by atoms with Crippen LogP contribution in [-0.2, 0) is 24.2 Å². The van der Waals surface area contributed by atoms with Gasteiger partial charge in [-0.1, -0.05) is 72.8 Å². The van der Waals surface area contributed by atoms with Crippen LogP contribution >= 0.6 is 0 Å². The summed E-state index contributed by atoms with van der Waals surface area (Å²) in [5.74, 6) is 1.58. The summed E-state index contributed by atoms with van der Waals surface area (Å²) in [5, 5.41) is 0. The molecule has 0 heterocycles. The molecule has 0 radical (unpaired) electrons. The van der Waals surface area contributed by atoms with Crippen molar-refractivity contribution in [1.29, 1.82) is 0 Å². The van der Waals surface area contributed by atoms with Crippen LogP contribution in [0.5, 0.6) is 0 Å². The van der Waals surface area contributed by atoms with Crippen LogP contribution in [0.25, 0.3) is 0 Å². The van der Waals surface area contributed by atoms with Gasteiger partial charge in [0.1, 0.15) is 0 Å². The first-order chi connectivity index (χ1) is 15.3. The van der Waals surface area contributed by atoms with Gasteiger partial charge in [0.2, 0.25) is 0 Å². The molecule has 0 aromatic heterocycles. The minimum atomic E-state index is 0.691. The Morgan fingerprint density at radius 1 is 0.742 bits per heavy atom. The van der Waals surface area contributed by atoms with Crippen molar-refractivity contribution in [3.63, 3.8) is 0 Å². The second kappa shape index (κ2) is 13.3. The Balaban J connectivity index is 1.34. The predicted octanol–water partition coefficient (Wildman–Crippen LogP) is 8.19. The molecule has 0 atom stereocenters. The summed E-state index contributed by atoms with van der Waals surface area (Å²) in [6.07, 6.45) is 18.9. The molecule has 0 saturated heterocycles. The van der Waals surface area contributed by atoms with E-state index in [4.69, 9.17) is 4.74 Å². The number of unbranched alkanes of at least 4 members (excludes halogenated alkanes) is 1. The van der Waals surface area contributed by atoms with Crippen molar-refractivity contribution in [2.45, 2.75) is 77.7 Å². The first-order valence-electron chi connectivity index (χ1n) is 12.3. The number of allylic oxidation sites excluding steroid dienone is 3. The SMILES string of the molecule is CC=CCOCc1ccc(CCCCc2ccc(C3CCC(C=CC)CC3)cc2)cc1. The highest BCUT2D eigenvalue weighted by molar-refractivity contribution is 5.26. The molecule has 0 amide bonds. The largest absolute Gasteiger partial charge is 0.373 e. The summed E-state index contributed by atoms with van der Waals surface area (Å²) in [6, 6.07) is 18.5. The summed E-state index contributed by atoms with van der Waals surface area (Å²) < 4.78 is 5.62. The molecule has 1 saturated carbocycles. The molecule has 2 aromatic rings. The molecule has 166 valence electrons. The predicted molar refractivity (Wildman–Crippen MR) is 134 cm³/mol. The molecule has 1 aliphatic rings. The van der Waals surface area contributed by atoms with Crippen molar-refractivity contribution >= 4 is 0 Å². The van der Waals surface area contributed by atoms with E-state index in [0.29, 0.717) is 13.2 Å². The second-order valence-corrected chi connectivity index (χ2v) is 8.99. The molecule has 1 heteroatoms. The highest BCUT2D eigenvalue weighted by Crippen LogP contribution is 2.36. The Kier molecular flexibility index (Phi) is 10.1. The molecule has 31 heavy (non-hydrogen) atoms. The van der Waals surface area contributed by atoms with Gasteiger partial charge in [0.15, 0.2) is 0 Å². The number of aryl methyl sites for hydroxylation is 2. The lowest BCUT2D eigenvalue weighted by Crippen LogP contribution is -2.11. The monoisotopic (exact) mass is 416 g/mol. The lowest BCUT2D eigenvalue weighted by Gasteiger charge is -2.27. The third-order valence-electron chi connectivity index (χ3n) is 6.61. The summed E-state index contributed by atoms with van der Waals surface area (Å²) in [7, 11) is 0. The van der Waals surface area contributed by atoms with Gasteiger partial charge in [0.05, 0.1) is 13.2 Å². The molecule has 1 nitrogen and oxygen atoms in total. The van der Waals surface area contributed by atoms with Gasteiger partial charge in [-0.05, 0) is 99.3 Å². The molecule has 0 N–H and O–H groups in total. The van der Waals surface area contributed by atoms with E-state index in [9.17, 15) is 0 Å². The second-order valence-electron chi connectivity index (χ2n) is 8.99. The van der Waals surface area contributed by atoms with Crippen LogP contribution in [-0.4, -0.2) is 6.61 Å². The summed E-state index contributed by atoms with van der Waals surface area (Å²) in [6.45, 7) is 5.55. The zero-order valence-electron chi connectivity index (χ0n) is 19.6. The van der Waals surface area contributed by atoms with Gasteiger partial charge in [0, 0.05) is 0 Å². The summed E-state index contributed by atoms with van der Waals surface area (Å²) in [5.41, 5.74) is 5.72. The molecule has 0 bridgehead atoms. The molecule has 0 unspecified atom stereocenters. The minimum absolute atomic E-state index is 0.691. The third kappa shape index (κ3) is 8.15. The van der Waals surface area contributed by atoms with E-state index in [-0.39, 0.29) is 0 Å². The van der Waals surface area contributed by atoms with Gasteiger partial charge in [-0.3, -0.25) is 0 Å². The van der Waals surface area contributed by atoms with Crippen LogP contribution in [0.1, 0.15) is 80.5 Å². The number of hydrogen-bond acceptors (Lipinski definition) is 1. The maximum Gasteiger partial charge on any atom is 0.0721 e. The molecule has 0 aliphatic heterocycles. The van der Waals surface area contributed by atoms with E-state index in [1.54, 1.807) is 5.56 Å². The Labute approximate surface area is 190 Å². The van der Waals surface area contributed by atoms with E-state index in [1.807, 2.05) is 19.1 Å². The highest BCUT2D eigenvalue weighted by Gasteiger charge is 2.20. The quantitative estimate of drug-likeness (QED) is 0.265. The maximum atomic E-state index is 5.62. The van der Waals surface area contributed by atoms with Crippen LogP contribution in [0.15, 0.2) is 72.8 Å². The van der Waals surface area contributed by atoms with Gasteiger partial charge in [-0.15, -0.1) is 0 Å². The molecule has 1 fully saturated rings. The van der Waals surface area contributed by atoms with E-state index >= 15 is 0 Å². The number of rotatable bonds is 11. The molecule has 0 spiro atoms. The zero-order chi connectivity index (χ0) is 21.7. The van der Waals surface area contributed by atoms with Crippen molar-refractivity contribution in [2.24, 2.45) is 5.92 Å². The molecule has 2 aromatic carbocycles. The fourth-order valence-electron chi connectivity index (χ4n) is 4.68. The Hall–Kier alpha value is -2.12. The third-order valence-corrected chi connectivity index (χ3v) is 6.61. The lowest BCUT2D eigenvalue weighted by atomic mass is 9.78. The summed E-state index contributed by atoms with van der Waals surface area (Å²) in [4.78, 5) is 0. The number of ether oxygens (including phenoxy) is 1. The van der Waals surface area contributed by atoms with Crippen molar-refractivity contribution in [1.82, 2.24) is 0 Å². The number of hydrogen-bond donors (Lipinski definition) is 0. The summed E-state index contributed by atoms with van der Waals surface area (Å²) >= 11 is 0. The fraction of sp³-hybridized carbons (Fsp3) is 0.467. The van der Waals surface area contributed by atoms with Gasteiger partial charge in [-0.2, -0.15) is 0 Å². The lowest BCUT2D eigenvalue weighted by molar-refractivity contribution is 0.148. The van der Waals surface area contributed by atoms with Gasteiger partial charge in [-0.25, -0.2) is 0 Å². The van der Waals surface area contributed by atoms with Crippen molar-refractivity contribution in [2.75, 3.05) is 6.61 Å². The first-order valence-corrected chi connectivity index (χ1v) is 12.3. The smallest absolute Gasteiger partial charge is 0.0721 e. The standard InChI is InChI=1S/C30H40O/c1-3-5-23-31-24-28-13-11-26(12-14-28)9-6-7-10-27-17-21-30(22-18-27)29-19-15-25(8-4-2)16-20-29/h3-5,8,11-14,17-18,21-22,25,29H,6-7,9-10,15-16,19-20,23-24H2,1-2H3. The topological polar surface area (TPSA) is 9.23 Å². The van der Waals surface area contributed by atoms with Crippen LogP contribution in [0.2, 0.25) is 0 Å². The highest BCUT2D eigenvalue weighted by atomic mass is 16.5. The van der Waals surface area contributed by atoms with E-state index < -0.39 is 0 Å². The first kappa shape index (κ1) is 23.5. The average molecular weight is 417 g/mol. The van der Waals surface area contributed by atoms with E-state index in [1.165, 1.54) is 61.6 Å². The van der Waals surface area contributed by atoms with Crippen molar-refractivity contribution in [3.8, 4) is 0 Å². The molecule has 1 aliphatic carbocycles. The van der Waals surface area contributed by atoms with Crippen molar-refractivity contribution in [3.05, 3.63) is 95.1 Å². The Bertz CT molecular complexity index is 789. The minimum Gasteiger partial charge on any atom is -0.373 e. The Morgan fingerprint density at radius 3 is 1.90 bits per heavy atom. The van der Waals surface area contributed by atoms with Crippen LogP contribution < -0.4 is 0 Å². The average Bonchev–Trinajstić information content (AvgIpc) is 2.82.